The number of nitrogens with one attached hydrogen (secondary N) is 1. The highest BCUT2D eigenvalue weighted by atomic mass is 35.5. The number of Topliss-reactive ketones (excluding diaryl/α,β-unsaturated/α-hetero) is 1. The van der Waals surface area contributed by atoms with Gasteiger partial charge >= 0.3 is 12.5 Å². The minimum absolute atomic E-state index is 0.0432. The molecule has 2 aromatic rings. The number of nitrogens with zero attached hydrogens (tertiary/aromatic N) is 2. The molecule has 1 saturated heterocycles. The van der Waals surface area contributed by atoms with Gasteiger partial charge in [0.2, 0.25) is 0 Å². The fraction of sp³-hybridized carbons (Fsp3) is 0.318. The van der Waals surface area contributed by atoms with E-state index in [1.54, 1.807) is 30.3 Å². The molecule has 2 aromatic carbocycles. The Morgan fingerprint density at radius 2 is 1.71 bits per heavy atom. The second kappa shape index (κ2) is 10.9. The molecular formula is C22H22ClF2N3O5S. The number of halogens is 3. The number of alkyl halides is 2. The molecule has 0 radical (unpaired) electrons. The van der Waals surface area contributed by atoms with Crippen LogP contribution in [0.25, 0.3) is 0 Å². The highest BCUT2D eigenvalue weighted by Gasteiger charge is 2.29. The lowest BCUT2D eigenvalue weighted by atomic mass is 10.1. The Labute approximate surface area is 200 Å². The Morgan fingerprint density at radius 3 is 2.29 bits per heavy atom. The van der Waals surface area contributed by atoms with Gasteiger partial charge in [-0.15, -0.1) is 0 Å². The minimum atomic E-state index is -3.22. The number of carbonyl (C=O) groups excluding carboxylic acids is 3. The summed E-state index contributed by atoms with van der Waals surface area (Å²) < 4.78 is 48.1. The van der Waals surface area contributed by atoms with Gasteiger partial charge in [0.25, 0.3) is 5.91 Å². The predicted molar refractivity (Wildman–Crippen MR) is 123 cm³/mol. The molecular weight excluding hydrogens is 492 g/mol. The largest absolute Gasteiger partial charge is 0.344 e. The van der Waals surface area contributed by atoms with Gasteiger partial charge in [-0.25, -0.2) is 13.2 Å². The van der Waals surface area contributed by atoms with Crippen LogP contribution in [0.4, 0.5) is 19.3 Å². The summed E-state index contributed by atoms with van der Waals surface area (Å²) >= 11 is 6.36. The van der Waals surface area contributed by atoms with Gasteiger partial charge in [-0.05, 0) is 23.8 Å². The smallest absolute Gasteiger partial charge is 0.324 e. The molecule has 1 aliphatic rings. The molecule has 0 unspecified atom stereocenters. The van der Waals surface area contributed by atoms with Crippen molar-refractivity contribution in [1.29, 1.82) is 0 Å². The van der Waals surface area contributed by atoms with Crippen molar-refractivity contribution in [3.63, 3.8) is 0 Å². The number of benzene rings is 2. The maximum Gasteiger partial charge on any atom is 0.324 e. The molecule has 0 bridgehead atoms. The zero-order chi connectivity index (χ0) is 24.9. The standard InChI is InChI=1S/C22H22ClF2N3O5S/c23-18-12-15(19(29)13-26-21(30)20(24)25)6-7-16(18)14-28(17-4-2-1-3-5-17)22(31)27-8-10-34(32,33)11-9-27/h1-7,12,20H,8-11,13-14H2,(H,26,30). The average Bonchev–Trinajstić information content (AvgIpc) is 2.81. The van der Waals surface area contributed by atoms with Gasteiger partial charge in [0.05, 0.1) is 24.6 Å². The molecule has 0 atom stereocenters. The zero-order valence-electron chi connectivity index (χ0n) is 17.9. The third-order valence-corrected chi connectivity index (χ3v) is 7.20. The maximum absolute atomic E-state index is 13.3. The SMILES string of the molecule is O=C(CNC(=O)C(F)F)c1ccc(CN(C(=O)N2CCS(=O)(=O)CC2)c2ccccc2)c(Cl)c1. The number of para-hydroxylation sites is 1. The van der Waals surface area contributed by atoms with E-state index in [1.165, 1.54) is 28.0 Å². The topological polar surface area (TPSA) is 104 Å². The molecule has 1 aliphatic heterocycles. The van der Waals surface area contributed by atoms with Crippen molar-refractivity contribution in [3.05, 3.63) is 64.7 Å². The quantitative estimate of drug-likeness (QED) is 0.573. The molecule has 1 heterocycles. The number of anilines is 1. The number of ketones is 1. The summed E-state index contributed by atoms with van der Waals surface area (Å²) in [6.45, 7) is -0.404. The van der Waals surface area contributed by atoms with Crippen LogP contribution in [0.15, 0.2) is 48.5 Å². The van der Waals surface area contributed by atoms with E-state index < -0.39 is 34.5 Å². The Morgan fingerprint density at radius 1 is 1.06 bits per heavy atom. The normalized spacial score (nSPS) is 15.1. The Balaban J connectivity index is 1.78. The molecule has 1 N–H and O–H groups in total. The summed E-state index contributed by atoms with van der Waals surface area (Å²) in [5.74, 6) is -2.37. The van der Waals surface area contributed by atoms with Gasteiger partial charge in [-0.1, -0.05) is 41.9 Å². The first kappa shape index (κ1) is 25.6. The van der Waals surface area contributed by atoms with Gasteiger partial charge in [0.15, 0.2) is 15.6 Å². The second-order valence-corrected chi connectivity index (χ2v) is 10.3. The van der Waals surface area contributed by atoms with E-state index in [0.717, 1.165) is 0 Å². The van der Waals surface area contributed by atoms with Crippen molar-refractivity contribution in [3.8, 4) is 0 Å². The highest BCUT2D eigenvalue weighted by Crippen LogP contribution is 2.25. The fourth-order valence-electron chi connectivity index (χ4n) is 3.32. The second-order valence-electron chi connectivity index (χ2n) is 7.59. The van der Waals surface area contributed by atoms with Crippen molar-refractivity contribution in [1.82, 2.24) is 10.2 Å². The van der Waals surface area contributed by atoms with Crippen LogP contribution >= 0.6 is 11.6 Å². The number of sulfone groups is 1. The van der Waals surface area contributed by atoms with Gasteiger partial charge in [0, 0.05) is 29.4 Å². The van der Waals surface area contributed by atoms with Crippen molar-refractivity contribution in [2.75, 3.05) is 36.0 Å². The molecule has 8 nitrogen and oxygen atoms in total. The molecule has 34 heavy (non-hydrogen) atoms. The number of amides is 3. The fourth-order valence-corrected chi connectivity index (χ4v) is 4.76. The Hall–Kier alpha value is -3.05. The van der Waals surface area contributed by atoms with Crippen LogP contribution < -0.4 is 10.2 Å². The maximum atomic E-state index is 13.3. The van der Waals surface area contributed by atoms with Crippen molar-refractivity contribution in [2.45, 2.75) is 13.0 Å². The summed E-state index contributed by atoms with van der Waals surface area (Å²) in [7, 11) is -3.17. The van der Waals surface area contributed by atoms with Crippen LogP contribution in [0.5, 0.6) is 0 Å². The van der Waals surface area contributed by atoms with E-state index >= 15 is 0 Å². The molecule has 0 aliphatic carbocycles. The third kappa shape index (κ3) is 6.51. The summed E-state index contributed by atoms with van der Waals surface area (Å²) in [6.07, 6.45) is -3.22. The molecule has 3 amide bonds. The first-order valence-electron chi connectivity index (χ1n) is 10.3. The van der Waals surface area contributed by atoms with Crippen molar-refractivity contribution < 1.29 is 31.6 Å². The van der Waals surface area contributed by atoms with Gasteiger partial charge in [-0.2, -0.15) is 8.78 Å². The lowest BCUT2D eigenvalue weighted by Gasteiger charge is -2.33. The van der Waals surface area contributed by atoms with E-state index in [1.807, 2.05) is 5.32 Å². The zero-order valence-corrected chi connectivity index (χ0v) is 19.5. The monoisotopic (exact) mass is 513 g/mol. The lowest BCUT2D eigenvalue weighted by molar-refractivity contribution is -0.131. The Kier molecular flexibility index (Phi) is 8.21. The molecule has 0 spiro atoms. The summed E-state index contributed by atoms with van der Waals surface area (Å²) in [4.78, 5) is 39.4. The van der Waals surface area contributed by atoms with E-state index in [2.05, 4.69) is 0 Å². The van der Waals surface area contributed by atoms with Gasteiger partial charge in [-0.3, -0.25) is 14.5 Å². The highest BCUT2D eigenvalue weighted by molar-refractivity contribution is 7.91. The summed E-state index contributed by atoms with van der Waals surface area (Å²) in [5.41, 5.74) is 1.20. The minimum Gasteiger partial charge on any atom is -0.344 e. The van der Waals surface area contributed by atoms with E-state index in [-0.39, 0.29) is 47.8 Å². The van der Waals surface area contributed by atoms with Crippen LogP contribution in [0.2, 0.25) is 5.02 Å². The molecule has 12 heteroatoms. The molecule has 1 fully saturated rings. The lowest BCUT2D eigenvalue weighted by Crippen LogP contribution is -2.49. The number of hydrogen-bond donors (Lipinski definition) is 1. The first-order chi connectivity index (χ1) is 16.1. The molecule has 0 aromatic heterocycles. The number of urea groups is 1. The van der Waals surface area contributed by atoms with Crippen LogP contribution in [-0.2, 0) is 21.2 Å². The van der Waals surface area contributed by atoms with Gasteiger partial charge in [0.1, 0.15) is 0 Å². The van der Waals surface area contributed by atoms with Crippen molar-refractivity contribution in [2.24, 2.45) is 0 Å². The van der Waals surface area contributed by atoms with Crippen LogP contribution in [0, 0.1) is 0 Å². The average molecular weight is 514 g/mol. The van der Waals surface area contributed by atoms with Crippen LogP contribution in [0.3, 0.4) is 0 Å². The summed E-state index contributed by atoms with van der Waals surface area (Å²) in [6, 6.07) is 12.7. The Bertz CT molecular complexity index is 1160. The van der Waals surface area contributed by atoms with E-state index in [9.17, 15) is 31.6 Å². The summed E-state index contributed by atoms with van der Waals surface area (Å²) in [5, 5.41) is 2.01. The number of hydrogen-bond acceptors (Lipinski definition) is 5. The molecule has 0 saturated carbocycles. The van der Waals surface area contributed by atoms with Crippen LogP contribution in [0.1, 0.15) is 15.9 Å². The van der Waals surface area contributed by atoms with E-state index in [4.69, 9.17) is 11.6 Å². The molecule has 3 rings (SSSR count). The molecule has 182 valence electrons. The third-order valence-electron chi connectivity index (χ3n) is 5.24. The number of rotatable bonds is 7. The number of carbonyl (C=O) groups is 3. The van der Waals surface area contributed by atoms with Gasteiger partial charge < -0.3 is 10.2 Å². The predicted octanol–water partition coefficient (Wildman–Crippen LogP) is 2.76. The first-order valence-corrected chi connectivity index (χ1v) is 12.5. The van der Waals surface area contributed by atoms with E-state index in [0.29, 0.717) is 11.3 Å². The van der Waals surface area contributed by atoms with Crippen LogP contribution in [-0.4, -0.2) is 68.6 Å². The van der Waals surface area contributed by atoms with Crippen molar-refractivity contribution >= 4 is 44.8 Å².